The van der Waals surface area contributed by atoms with Crippen molar-refractivity contribution in [2.45, 2.75) is 6.92 Å². The summed E-state index contributed by atoms with van der Waals surface area (Å²) >= 11 is 0. The zero-order chi connectivity index (χ0) is 14.5. The van der Waals surface area contributed by atoms with Crippen molar-refractivity contribution in [3.8, 4) is 0 Å². The van der Waals surface area contributed by atoms with E-state index in [1.165, 1.54) is 6.21 Å². The maximum Gasteiger partial charge on any atom is 0.325 e. The topological polar surface area (TPSA) is 107 Å². The highest BCUT2D eigenvalue weighted by Crippen LogP contribution is 1.99. The third-order valence-corrected chi connectivity index (χ3v) is 2.52. The molecule has 0 aliphatic carbocycles. The molecule has 0 radical (unpaired) electrons. The second kappa shape index (κ2) is 5.79. The van der Waals surface area contributed by atoms with Gasteiger partial charge in [0.25, 0.3) is 11.5 Å². The molecule has 0 saturated carbocycles. The number of aryl methyl sites for hydroxylation is 1. The predicted octanol–water partition coefficient (Wildman–Crippen LogP) is 0.136. The van der Waals surface area contributed by atoms with Crippen LogP contribution in [0.15, 0.2) is 45.2 Å². The number of hydrogen-bond donors (Lipinski definition) is 3. The number of nitrogens with zero attached hydrogens (tertiary/aromatic N) is 1. The Kier molecular flexibility index (Phi) is 3.90. The van der Waals surface area contributed by atoms with Crippen molar-refractivity contribution < 1.29 is 4.79 Å². The molecule has 7 heteroatoms. The van der Waals surface area contributed by atoms with Gasteiger partial charge in [-0.25, -0.2) is 10.2 Å². The number of H-pyrrole nitrogens is 2. The summed E-state index contributed by atoms with van der Waals surface area (Å²) in [6, 6.07) is 7.52. The lowest BCUT2D eigenvalue weighted by molar-refractivity contribution is 0.0953. The van der Waals surface area contributed by atoms with Crippen molar-refractivity contribution in [2.24, 2.45) is 5.10 Å². The van der Waals surface area contributed by atoms with Gasteiger partial charge < -0.3 is 4.98 Å². The second-order valence-electron chi connectivity index (χ2n) is 4.10. The first-order valence-corrected chi connectivity index (χ1v) is 5.78. The van der Waals surface area contributed by atoms with Crippen LogP contribution < -0.4 is 16.7 Å². The van der Waals surface area contributed by atoms with Gasteiger partial charge in [0.15, 0.2) is 0 Å². The van der Waals surface area contributed by atoms with Crippen LogP contribution in [0.4, 0.5) is 0 Å². The molecule has 1 heterocycles. The molecule has 0 bridgehead atoms. The number of nitrogens with one attached hydrogen (secondary N) is 3. The molecule has 0 saturated heterocycles. The highest BCUT2D eigenvalue weighted by molar-refractivity contribution is 5.94. The van der Waals surface area contributed by atoms with Crippen LogP contribution in [-0.2, 0) is 0 Å². The van der Waals surface area contributed by atoms with Gasteiger partial charge in [-0.15, -0.1) is 0 Å². The van der Waals surface area contributed by atoms with Crippen LogP contribution >= 0.6 is 0 Å². The van der Waals surface area contributed by atoms with E-state index in [2.05, 4.69) is 15.5 Å². The molecule has 2 aromatic rings. The molecule has 0 aliphatic heterocycles. The van der Waals surface area contributed by atoms with Gasteiger partial charge in [-0.2, -0.15) is 5.10 Å². The second-order valence-corrected chi connectivity index (χ2v) is 4.10. The van der Waals surface area contributed by atoms with Gasteiger partial charge in [-0.3, -0.25) is 14.6 Å². The molecule has 1 amide bonds. The largest absolute Gasteiger partial charge is 0.325 e. The third kappa shape index (κ3) is 3.29. The fraction of sp³-hybridized carbons (Fsp3) is 0.0769. The Morgan fingerprint density at radius 1 is 1.25 bits per heavy atom. The number of aromatic nitrogens is 2. The van der Waals surface area contributed by atoms with Gasteiger partial charge in [-0.05, 0) is 12.5 Å². The first-order chi connectivity index (χ1) is 9.56. The van der Waals surface area contributed by atoms with Gasteiger partial charge >= 0.3 is 5.69 Å². The minimum atomic E-state index is -0.767. The van der Waals surface area contributed by atoms with E-state index < -0.39 is 17.2 Å². The fourth-order valence-corrected chi connectivity index (χ4v) is 1.46. The van der Waals surface area contributed by atoms with Crippen LogP contribution in [0.5, 0.6) is 0 Å². The van der Waals surface area contributed by atoms with Crippen LogP contribution in [0.3, 0.4) is 0 Å². The summed E-state index contributed by atoms with van der Waals surface area (Å²) < 4.78 is 0. The SMILES string of the molecule is Cc1ccc(C=NNC(=O)c2c[nH]c(=O)[nH]c2=O)cc1. The molecular weight excluding hydrogens is 260 g/mol. The Hall–Kier alpha value is -2.96. The van der Waals surface area contributed by atoms with E-state index in [9.17, 15) is 14.4 Å². The van der Waals surface area contributed by atoms with Crippen molar-refractivity contribution in [1.29, 1.82) is 0 Å². The van der Waals surface area contributed by atoms with Gasteiger partial charge in [0.1, 0.15) is 5.56 Å². The highest BCUT2D eigenvalue weighted by atomic mass is 16.2. The smallest absolute Gasteiger partial charge is 0.313 e. The van der Waals surface area contributed by atoms with Gasteiger partial charge in [-0.1, -0.05) is 29.8 Å². The zero-order valence-corrected chi connectivity index (χ0v) is 10.6. The first-order valence-electron chi connectivity index (χ1n) is 5.78. The number of hydrogen-bond acceptors (Lipinski definition) is 4. The maximum atomic E-state index is 11.7. The quantitative estimate of drug-likeness (QED) is 0.546. The van der Waals surface area contributed by atoms with E-state index in [4.69, 9.17) is 0 Å². The number of aromatic amines is 2. The Morgan fingerprint density at radius 3 is 2.60 bits per heavy atom. The van der Waals surface area contributed by atoms with Crippen LogP contribution in [0, 0.1) is 6.92 Å². The Morgan fingerprint density at radius 2 is 1.95 bits per heavy atom. The average Bonchev–Trinajstić information content (AvgIpc) is 2.41. The Balaban J connectivity index is 2.07. The molecule has 3 N–H and O–H groups in total. The average molecular weight is 272 g/mol. The molecule has 20 heavy (non-hydrogen) atoms. The minimum Gasteiger partial charge on any atom is -0.313 e. The number of carbonyl (C=O) groups is 1. The summed E-state index contributed by atoms with van der Waals surface area (Å²) in [6.07, 6.45) is 2.50. The summed E-state index contributed by atoms with van der Waals surface area (Å²) in [5, 5.41) is 3.74. The molecule has 0 unspecified atom stereocenters. The van der Waals surface area contributed by atoms with E-state index in [0.717, 1.165) is 17.3 Å². The monoisotopic (exact) mass is 272 g/mol. The number of amides is 1. The van der Waals surface area contributed by atoms with Crippen LogP contribution in [0.1, 0.15) is 21.5 Å². The highest BCUT2D eigenvalue weighted by Gasteiger charge is 2.09. The Labute approximate surface area is 113 Å². The number of benzene rings is 1. The van der Waals surface area contributed by atoms with Crippen molar-refractivity contribution in [3.05, 3.63) is 68.0 Å². The van der Waals surface area contributed by atoms with E-state index in [1.54, 1.807) is 0 Å². The summed E-state index contributed by atoms with van der Waals surface area (Å²) in [7, 11) is 0. The van der Waals surface area contributed by atoms with Crippen LogP contribution in [-0.4, -0.2) is 22.1 Å². The number of hydrazone groups is 1. The molecule has 2 rings (SSSR count). The van der Waals surface area contributed by atoms with Crippen LogP contribution in [0.25, 0.3) is 0 Å². The fourth-order valence-electron chi connectivity index (χ4n) is 1.46. The molecule has 7 nitrogen and oxygen atoms in total. The van der Waals surface area contributed by atoms with E-state index in [1.807, 2.05) is 36.2 Å². The van der Waals surface area contributed by atoms with Crippen LogP contribution in [0.2, 0.25) is 0 Å². The van der Waals surface area contributed by atoms with Crippen molar-refractivity contribution >= 4 is 12.1 Å². The lowest BCUT2D eigenvalue weighted by Gasteiger charge is -1.98. The van der Waals surface area contributed by atoms with Gasteiger partial charge in [0.2, 0.25) is 0 Å². The van der Waals surface area contributed by atoms with E-state index in [-0.39, 0.29) is 5.56 Å². The van der Waals surface area contributed by atoms with E-state index >= 15 is 0 Å². The number of carbonyl (C=O) groups excluding carboxylic acids is 1. The molecule has 0 fully saturated rings. The summed E-state index contributed by atoms with van der Waals surface area (Å²) in [4.78, 5) is 38.0. The molecule has 0 aliphatic rings. The molecule has 0 atom stereocenters. The van der Waals surface area contributed by atoms with E-state index in [0.29, 0.717) is 0 Å². The molecule has 102 valence electrons. The lowest BCUT2D eigenvalue weighted by atomic mass is 10.2. The first kappa shape index (κ1) is 13.5. The summed E-state index contributed by atoms with van der Waals surface area (Å²) in [5.41, 5.74) is 2.48. The molecular formula is C13H12N4O3. The lowest BCUT2D eigenvalue weighted by Crippen LogP contribution is -2.31. The molecule has 1 aromatic carbocycles. The van der Waals surface area contributed by atoms with Gasteiger partial charge in [0.05, 0.1) is 6.21 Å². The minimum absolute atomic E-state index is 0.217. The summed E-state index contributed by atoms with van der Waals surface area (Å²) in [5.74, 6) is -0.703. The molecule has 1 aromatic heterocycles. The predicted molar refractivity (Wildman–Crippen MR) is 73.9 cm³/mol. The van der Waals surface area contributed by atoms with Crippen molar-refractivity contribution in [1.82, 2.24) is 15.4 Å². The molecule has 0 spiro atoms. The maximum absolute atomic E-state index is 11.7. The van der Waals surface area contributed by atoms with Crippen molar-refractivity contribution in [3.63, 3.8) is 0 Å². The normalized spacial score (nSPS) is 10.7. The number of rotatable bonds is 3. The van der Waals surface area contributed by atoms with Crippen molar-refractivity contribution in [2.75, 3.05) is 0 Å². The standard InChI is InChI=1S/C13H12N4O3/c1-8-2-4-9(5-3-8)6-15-17-12(19)10-7-14-13(20)16-11(10)18/h2-7H,1H3,(H,17,19)(H2,14,16,18,20). The van der Waals surface area contributed by atoms with Gasteiger partial charge in [0, 0.05) is 6.20 Å². The zero-order valence-electron chi connectivity index (χ0n) is 10.6. The third-order valence-electron chi connectivity index (χ3n) is 2.52. The summed E-state index contributed by atoms with van der Waals surface area (Å²) in [6.45, 7) is 1.96. The Bertz CT molecular complexity index is 756.